The Morgan fingerprint density at radius 3 is 2.46 bits per heavy atom. The number of anilines is 2. The minimum absolute atomic E-state index is 0.120. The molecule has 0 atom stereocenters. The van der Waals surface area contributed by atoms with Crippen LogP contribution in [0.15, 0.2) is 36.4 Å². The molecule has 1 saturated heterocycles. The number of nitrogens with one attached hydrogen (secondary N) is 1. The number of hydrogen-bond donors (Lipinski definition) is 1. The number of benzene rings is 2. The molecule has 0 bridgehead atoms. The molecule has 0 aromatic heterocycles. The Hall–Kier alpha value is -3.13. The lowest BCUT2D eigenvalue weighted by atomic mass is 10.1. The zero-order valence-electron chi connectivity index (χ0n) is 16.3. The summed E-state index contributed by atoms with van der Waals surface area (Å²) in [7, 11) is 3.47. The van der Waals surface area contributed by atoms with Crippen molar-refractivity contribution in [1.82, 2.24) is 4.90 Å². The molecule has 2 aromatic carbocycles. The molecule has 1 heterocycles. The summed E-state index contributed by atoms with van der Waals surface area (Å²) in [4.78, 5) is 27.8. The number of methoxy groups -OCH3 is 1. The van der Waals surface area contributed by atoms with Gasteiger partial charge >= 0.3 is 5.69 Å². The Kier molecular flexibility index (Phi) is 5.79. The summed E-state index contributed by atoms with van der Waals surface area (Å²) in [5, 5.41) is 14.0. The molecule has 8 nitrogen and oxygen atoms in total. The highest BCUT2D eigenvalue weighted by molar-refractivity contribution is 6.05. The molecule has 0 saturated carbocycles. The highest BCUT2D eigenvalue weighted by atomic mass is 16.6. The molecular formula is C20H24N4O4. The first kappa shape index (κ1) is 19.6. The van der Waals surface area contributed by atoms with Crippen molar-refractivity contribution in [1.29, 1.82) is 0 Å². The molecule has 1 amide bonds. The SMILES string of the molecule is COc1ccc(C(=O)Nc2ccc(N3CCN(C)CC3)cc2C)cc1[N+](=O)[O-]. The smallest absolute Gasteiger partial charge is 0.311 e. The Bertz CT molecular complexity index is 892. The number of carbonyl (C=O) groups excluding carboxylic acids is 1. The summed E-state index contributed by atoms with van der Waals surface area (Å²) in [6.45, 7) is 5.92. The fourth-order valence-corrected chi connectivity index (χ4v) is 3.22. The zero-order chi connectivity index (χ0) is 20.3. The van der Waals surface area contributed by atoms with Gasteiger partial charge in [0.05, 0.1) is 12.0 Å². The number of hydrogen-bond acceptors (Lipinski definition) is 6. The van der Waals surface area contributed by atoms with Gasteiger partial charge in [-0.15, -0.1) is 0 Å². The van der Waals surface area contributed by atoms with E-state index < -0.39 is 10.8 Å². The third kappa shape index (κ3) is 4.23. The number of likely N-dealkylation sites (N-methyl/N-ethyl adjacent to an activating group) is 1. The fraction of sp³-hybridized carbons (Fsp3) is 0.350. The second-order valence-corrected chi connectivity index (χ2v) is 6.89. The first-order valence-electron chi connectivity index (χ1n) is 9.07. The van der Waals surface area contributed by atoms with Crippen molar-refractivity contribution >= 4 is 23.0 Å². The van der Waals surface area contributed by atoms with Gasteiger partial charge in [0.25, 0.3) is 5.91 Å². The maximum absolute atomic E-state index is 12.6. The normalized spacial score (nSPS) is 14.6. The molecule has 0 unspecified atom stereocenters. The number of nitro groups is 1. The van der Waals surface area contributed by atoms with Crippen LogP contribution in [0.2, 0.25) is 0 Å². The second-order valence-electron chi connectivity index (χ2n) is 6.89. The predicted molar refractivity (Wildman–Crippen MR) is 108 cm³/mol. The Morgan fingerprint density at radius 1 is 1.14 bits per heavy atom. The van der Waals surface area contributed by atoms with Gasteiger partial charge in [0, 0.05) is 49.2 Å². The molecular weight excluding hydrogens is 360 g/mol. The van der Waals surface area contributed by atoms with E-state index in [9.17, 15) is 14.9 Å². The number of nitrogens with zero attached hydrogens (tertiary/aromatic N) is 3. The van der Waals surface area contributed by atoms with Gasteiger partial charge in [0.15, 0.2) is 5.75 Å². The van der Waals surface area contributed by atoms with E-state index in [1.165, 1.54) is 25.3 Å². The van der Waals surface area contributed by atoms with Gasteiger partial charge in [-0.05, 0) is 49.9 Å². The van der Waals surface area contributed by atoms with Crippen LogP contribution in [0.5, 0.6) is 5.75 Å². The number of aryl methyl sites for hydroxylation is 1. The van der Waals surface area contributed by atoms with Crippen molar-refractivity contribution in [2.75, 3.05) is 50.6 Å². The Balaban J connectivity index is 1.75. The van der Waals surface area contributed by atoms with E-state index in [2.05, 4.69) is 28.2 Å². The third-order valence-corrected chi connectivity index (χ3v) is 4.96. The number of nitro benzene ring substituents is 1. The number of carbonyl (C=O) groups is 1. The number of rotatable bonds is 5. The lowest BCUT2D eigenvalue weighted by molar-refractivity contribution is -0.385. The fourth-order valence-electron chi connectivity index (χ4n) is 3.22. The molecule has 1 aliphatic heterocycles. The Labute approximate surface area is 163 Å². The van der Waals surface area contributed by atoms with Crippen LogP contribution >= 0.6 is 0 Å². The van der Waals surface area contributed by atoms with Crippen molar-refractivity contribution in [3.8, 4) is 5.75 Å². The highest BCUT2D eigenvalue weighted by Gasteiger charge is 2.19. The van der Waals surface area contributed by atoms with Gasteiger partial charge in [0.1, 0.15) is 0 Å². The predicted octanol–water partition coefficient (Wildman–Crippen LogP) is 2.92. The van der Waals surface area contributed by atoms with Crippen molar-refractivity contribution in [3.05, 3.63) is 57.6 Å². The maximum atomic E-state index is 12.6. The quantitative estimate of drug-likeness (QED) is 0.630. The number of piperazine rings is 1. The van der Waals surface area contributed by atoms with E-state index in [1.807, 2.05) is 19.1 Å². The van der Waals surface area contributed by atoms with E-state index in [-0.39, 0.29) is 17.0 Å². The van der Waals surface area contributed by atoms with Gasteiger partial charge in [-0.3, -0.25) is 14.9 Å². The van der Waals surface area contributed by atoms with Crippen molar-refractivity contribution in [2.45, 2.75) is 6.92 Å². The average molecular weight is 384 g/mol. The highest BCUT2D eigenvalue weighted by Crippen LogP contribution is 2.29. The van der Waals surface area contributed by atoms with Crippen LogP contribution < -0.4 is 15.0 Å². The van der Waals surface area contributed by atoms with Crippen LogP contribution in [0.4, 0.5) is 17.1 Å². The average Bonchev–Trinajstić information content (AvgIpc) is 2.69. The van der Waals surface area contributed by atoms with E-state index in [0.29, 0.717) is 5.69 Å². The maximum Gasteiger partial charge on any atom is 0.311 e. The van der Waals surface area contributed by atoms with Gasteiger partial charge in [0.2, 0.25) is 0 Å². The standard InChI is InChI=1S/C20H24N4O4/c1-14-12-16(23-10-8-22(2)9-11-23)5-6-17(14)21-20(25)15-4-7-19(28-3)18(13-15)24(26)27/h4-7,12-13H,8-11H2,1-3H3,(H,21,25). The molecule has 8 heteroatoms. The summed E-state index contributed by atoms with van der Waals surface area (Å²) < 4.78 is 4.98. The van der Waals surface area contributed by atoms with Crippen molar-refractivity contribution in [3.63, 3.8) is 0 Å². The minimum atomic E-state index is -0.564. The summed E-state index contributed by atoms with van der Waals surface area (Å²) in [6.07, 6.45) is 0. The number of ether oxygens (including phenoxy) is 1. The second kappa shape index (κ2) is 8.26. The van der Waals surface area contributed by atoms with Crippen LogP contribution in [-0.2, 0) is 0 Å². The molecule has 1 aliphatic rings. The molecule has 2 aromatic rings. The molecule has 28 heavy (non-hydrogen) atoms. The summed E-state index contributed by atoms with van der Waals surface area (Å²) >= 11 is 0. The lowest BCUT2D eigenvalue weighted by Gasteiger charge is -2.34. The Morgan fingerprint density at radius 2 is 1.86 bits per heavy atom. The monoisotopic (exact) mass is 384 g/mol. The first-order chi connectivity index (χ1) is 13.4. The van der Waals surface area contributed by atoms with Crippen molar-refractivity contribution < 1.29 is 14.5 Å². The van der Waals surface area contributed by atoms with Crippen LogP contribution in [0.3, 0.4) is 0 Å². The topological polar surface area (TPSA) is 88.0 Å². The molecule has 0 spiro atoms. The minimum Gasteiger partial charge on any atom is -0.490 e. The van der Waals surface area contributed by atoms with Crippen LogP contribution in [-0.4, -0.2) is 56.1 Å². The molecule has 3 rings (SSSR count). The zero-order valence-corrected chi connectivity index (χ0v) is 16.3. The van der Waals surface area contributed by atoms with Gasteiger partial charge in [-0.25, -0.2) is 0 Å². The molecule has 0 radical (unpaired) electrons. The molecule has 1 fully saturated rings. The van der Waals surface area contributed by atoms with Crippen LogP contribution in [0, 0.1) is 17.0 Å². The molecule has 148 valence electrons. The summed E-state index contributed by atoms with van der Waals surface area (Å²) in [5.41, 5.74) is 2.71. The van der Waals surface area contributed by atoms with Gasteiger partial charge < -0.3 is 19.9 Å². The van der Waals surface area contributed by atoms with Gasteiger partial charge in [-0.1, -0.05) is 0 Å². The largest absolute Gasteiger partial charge is 0.490 e. The third-order valence-electron chi connectivity index (χ3n) is 4.96. The van der Waals surface area contributed by atoms with E-state index in [0.717, 1.165) is 37.4 Å². The van der Waals surface area contributed by atoms with E-state index in [4.69, 9.17) is 4.74 Å². The summed E-state index contributed by atoms with van der Waals surface area (Å²) in [6, 6.07) is 10.1. The van der Waals surface area contributed by atoms with E-state index >= 15 is 0 Å². The summed E-state index contributed by atoms with van der Waals surface area (Å²) in [5.74, 6) is -0.282. The van der Waals surface area contributed by atoms with Crippen molar-refractivity contribution in [2.24, 2.45) is 0 Å². The lowest BCUT2D eigenvalue weighted by Crippen LogP contribution is -2.44. The van der Waals surface area contributed by atoms with Crippen LogP contribution in [0.25, 0.3) is 0 Å². The van der Waals surface area contributed by atoms with Crippen LogP contribution in [0.1, 0.15) is 15.9 Å². The van der Waals surface area contributed by atoms with E-state index in [1.54, 1.807) is 0 Å². The number of amides is 1. The van der Waals surface area contributed by atoms with Gasteiger partial charge in [-0.2, -0.15) is 0 Å². The first-order valence-corrected chi connectivity index (χ1v) is 9.07. The molecule has 0 aliphatic carbocycles. The molecule has 1 N–H and O–H groups in total.